The highest BCUT2D eigenvalue weighted by molar-refractivity contribution is 7.98. The topological polar surface area (TPSA) is 718 Å². The van der Waals surface area contributed by atoms with Crippen molar-refractivity contribution in [2.45, 2.75) is 242 Å². The van der Waals surface area contributed by atoms with Gasteiger partial charge in [0, 0.05) is 25.7 Å². The molecule has 0 heterocycles. The van der Waals surface area contributed by atoms with Crippen molar-refractivity contribution in [1.82, 2.24) is 74.4 Å². The van der Waals surface area contributed by atoms with Gasteiger partial charge in [-0.05, 0) is 143 Å². The number of nitrogens with two attached hydrogens (primary N) is 4. The van der Waals surface area contributed by atoms with Crippen LogP contribution in [0.15, 0.2) is 0 Å². The fourth-order valence-electron chi connectivity index (χ4n) is 9.68. The van der Waals surface area contributed by atoms with E-state index in [2.05, 4.69) is 74.4 Å². The van der Waals surface area contributed by atoms with Gasteiger partial charge in [-0.2, -0.15) is 11.8 Å². The zero-order valence-corrected chi connectivity index (χ0v) is 62.6. The fraction of sp³-hybridized carbons (Fsp3) is 0.703. The van der Waals surface area contributed by atoms with Crippen molar-refractivity contribution in [3.8, 4) is 0 Å². The standard InChI is InChI=1S/C64H110N18O25S/c1-30(2)27-44(81-63(105)50(35(7)84)82-54(96)34(6)73-58(100)39(15-19-45(68)85)78-61(103)42(23-26-108-8)77-55(97)36(67)29-83)62(104)79-41(17-21-48(89)90)60(102)72-32(4)52(94)76-40(16-20-47(87)88)59(101)71-31(3)51(93)75-37(13-9-11-24-65)56(98)69-28-46(86)74-38(14-10-12-25-66)57(99)70-33(5)53(95)80-43(64(106)107)18-22-49(91)92/h30-44,50,83-84H,9-29,65-67H2,1-8H3,(H2,68,85)(H,69,98)(H,70,99)(H,71,101)(H,72,102)(H,73,100)(H,74,86)(H,75,93)(H,76,94)(H,77,97)(H,78,103)(H,79,104)(H,80,95)(H,81,105)(H,82,96)(H,87,88)(H,89,90)(H,91,92)(H,106,107)/t31-,32-,33-,34-,35+,36-,37-,38-,39-,40-,41-,42-,43-,44-,50-/m0/s1. The van der Waals surface area contributed by atoms with E-state index in [9.17, 15) is 117 Å². The number of aliphatic carboxylic acids is 4. The molecule has 28 N–H and O–H groups in total. The second-order valence-corrected chi connectivity index (χ2v) is 26.8. The number of unbranched alkanes of at least 4 members (excludes halogenated alkanes) is 2. The second-order valence-electron chi connectivity index (χ2n) is 25.8. The molecule has 15 atom stereocenters. The summed E-state index contributed by atoms with van der Waals surface area (Å²) < 4.78 is 0. The largest absolute Gasteiger partial charge is 0.481 e. The fourth-order valence-corrected chi connectivity index (χ4v) is 10.2. The maximum atomic E-state index is 14.1. The van der Waals surface area contributed by atoms with E-state index in [1.54, 1.807) is 20.1 Å². The lowest BCUT2D eigenvalue weighted by Crippen LogP contribution is -2.61. The predicted octanol–water partition coefficient (Wildman–Crippen LogP) is -8.81. The number of hydrogen-bond donors (Lipinski definition) is 24. The number of hydrogen-bond acceptors (Lipinski definition) is 25. The molecule has 0 radical (unpaired) electrons. The van der Waals surface area contributed by atoms with Crippen molar-refractivity contribution in [2.24, 2.45) is 28.9 Å². The number of carbonyl (C=O) groups excluding carboxylic acids is 15. The quantitative estimate of drug-likeness (QED) is 0.0252. The van der Waals surface area contributed by atoms with Crippen molar-refractivity contribution >= 4 is 124 Å². The minimum Gasteiger partial charge on any atom is -0.481 e. The summed E-state index contributed by atoms with van der Waals surface area (Å²) in [5, 5.41) is 90.3. The lowest BCUT2D eigenvalue weighted by atomic mass is 10.0. The van der Waals surface area contributed by atoms with Gasteiger partial charge in [0.2, 0.25) is 88.6 Å². The Hall–Kier alpha value is -9.92. The van der Waals surface area contributed by atoms with Gasteiger partial charge in [-0.15, -0.1) is 0 Å². The van der Waals surface area contributed by atoms with Crippen LogP contribution in [-0.4, -0.2) is 272 Å². The van der Waals surface area contributed by atoms with Gasteiger partial charge in [-0.25, -0.2) is 4.79 Å². The van der Waals surface area contributed by atoms with Crippen LogP contribution in [0.1, 0.15) is 151 Å². The minimum absolute atomic E-state index is 0.0228. The first kappa shape index (κ1) is 98.1. The Morgan fingerprint density at radius 3 is 1.06 bits per heavy atom. The first-order chi connectivity index (χ1) is 50.5. The van der Waals surface area contributed by atoms with E-state index < -0.39 is 274 Å². The molecule has 612 valence electrons. The van der Waals surface area contributed by atoms with Gasteiger partial charge in [0.15, 0.2) is 0 Å². The summed E-state index contributed by atoms with van der Waals surface area (Å²) in [6.07, 6.45) is -3.69. The predicted molar refractivity (Wildman–Crippen MR) is 382 cm³/mol. The van der Waals surface area contributed by atoms with Crippen molar-refractivity contribution in [3.63, 3.8) is 0 Å². The molecule has 0 aliphatic heterocycles. The van der Waals surface area contributed by atoms with Crippen LogP contribution in [0.3, 0.4) is 0 Å². The van der Waals surface area contributed by atoms with Crippen LogP contribution in [0.2, 0.25) is 0 Å². The smallest absolute Gasteiger partial charge is 0.326 e. The molecule has 0 saturated carbocycles. The summed E-state index contributed by atoms with van der Waals surface area (Å²) in [6, 6.07) is -21.7. The second kappa shape index (κ2) is 52.2. The summed E-state index contributed by atoms with van der Waals surface area (Å²) >= 11 is 1.31. The number of aliphatic hydroxyl groups excluding tert-OH is 2. The van der Waals surface area contributed by atoms with Gasteiger partial charge in [-0.1, -0.05) is 13.8 Å². The van der Waals surface area contributed by atoms with Crippen LogP contribution in [0.5, 0.6) is 0 Å². The molecule has 0 spiro atoms. The van der Waals surface area contributed by atoms with Gasteiger partial charge in [0.1, 0.15) is 84.6 Å². The number of carbonyl (C=O) groups is 19. The third kappa shape index (κ3) is 40.2. The van der Waals surface area contributed by atoms with Crippen LogP contribution in [0.4, 0.5) is 0 Å². The van der Waals surface area contributed by atoms with E-state index in [0.717, 1.165) is 27.7 Å². The Balaban J connectivity index is 6.47. The van der Waals surface area contributed by atoms with Crippen molar-refractivity contribution in [1.29, 1.82) is 0 Å². The molecular formula is C64H110N18O25S. The highest BCUT2D eigenvalue weighted by atomic mass is 32.2. The molecule has 0 aromatic carbocycles. The van der Waals surface area contributed by atoms with E-state index >= 15 is 0 Å². The Morgan fingerprint density at radius 1 is 0.370 bits per heavy atom. The molecular weight excluding hydrogens is 1450 g/mol. The summed E-state index contributed by atoms with van der Waals surface area (Å²) in [4.78, 5) is 247. The molecule has 108 heavy (non-hydrogen) atoms. The third-order valence-electron chi connectivity index (χ3n) is 15.9. The summed E-state index contributed by atoms with van der Waals surface area (Å²) in [6.45, 7) is 7.76. The highest BCUT2D eigenvalue weighted by Crippen LogP contribution is 2.12. The Kier molecular flexibility index (Phi) is 47.4. The van der Waals surface area contributed by atoms with E-state index in [-0.39, 0.29) is 51.6 Å². The Morgan fingerprint density at radius 2 is 0.694 bits per heavy atom. The molecule has 0 aromatic rings. The molecule has 0 fully saturated rings. The Labute approximate surface area is 627 Å². The van der Waals surface area contributed by atoms with Gasteiger partial charge >= 0.3 is 23.9 Å². The molecule has 0 saturated heterocycles. The van der Waals surface area contributed by atoms with E-state index in [1.807, 2.05) is 0 Å². The van der Waals surface area contributed by atoms with Gasteiger partial charge in [0.25, 0.3) is 0 Å². The molecule has 43 nitrogen and oxygen atoms in total. The normalized spacial score (nSPS) is 15.2. The maximum absolute atomic E-state index is 14.1. The van der Waals surface area contributed by atoms with Crippen molar-refractivity contribution in [3.05, 3.63) is 0 Å². The van der Waals surface area contributed by atoms with Crippen molar-refractivity contribution < 1.29 is 122 Å². The van der Waals surface area contributed by atoms with Crippen molar-refractivity contribution in [2.75, 3.05) is 38.2 Å². The number of carboxylic acid groups (broad SMARTS) is 4. The number of carboxylic acids is 4. The lowest BCUT2D eigenvalue weighted by Gasteiger charge is -2.28. The zero-order valence-electron chi connectivity index (χ0n) is 61.7. The zero-order chi connectivity index (χ0) is 82.7. The van der Waals surface area contributed by atoms with E-state index in [4.69, 9.17) is 28.0 Å². The van der Waals surface area contributed by atoms with Gasteiger partial charge in [-0.3, -0.25) is 86.3 Å². The molecule has 0 unspecified atom stereocenters. The summed E-state index contributed by atoms with van der Waals surface area (Å²) in [5.74, 6) is -21.2. The number of amides is 15. The maximum Gasteiger partial charge on any atom is 0.326 e. The monoisotopic (exact) mass is 1560 g/mol. The number of aliphatic hydroxyl groups is 2. The van der Waals surface area contributed by atoms with Gasteiger partial charge < -0.3 is 128 Å². The number of nitrogens with one attached hydrogen (secondary N) is 14. The molecule has 0 aliphatic carbocycles. The molecule has 44 heteroatoms. The molecule has 15 amide bonds. The summed E-state index contributed by atoms with van der Waals surface area (Å²) in [7, 11) is 0. The lowest BCUT2D eigenvalue weighted by molar-refractivity contribution is -0.143. The number of thioether (sulfide) groups is 1. The van der Waals surface area contributed by atoms with Crippen LogP contribution in [-0.2, 0) is 91.1 Å². The number of primary amides is 1. The SMILES string of the molecule is CSCC[C@H](NC(=O)[C@@H](N)CO)C(=O)N[C@@H](CCC(N)=O)C(=O)N[C@@H](C)C(=O)N[C@H](C(=O)N[C@@H](CC(C)C)C(=O)N[C@@H](CCC(=O)O)C(=O)N[C@@H](C)C(=O)N[C@@H](CCC(=O)O)C(=O)N[C@@H](C)C(=O)N[C@@H](CCCCN)C(=O)NCC(=O)N[C@@H](CCCCN)C(=O)N[C@@H](C)C(=O)N[C@@H](CCC(=O)O)C(=O)O)[C@@H](C)O. The number of rotatable bonds is 56. The van der Waals surface area contributed by atoms with E-state index in [0.29, 0.717) is 18.6 Å². The minimum atomic E-state index is -1.88. The molecule has 0 aromatic heterocycles. The van der Waals surface area contributed by atoms with Crippen LogP contribution in [0, 0.1) is 5.92 Å². The highest BCUT2D eigenvalue weighted by Gasteiger charge is 2.37. The average molecular weight is 1560 g/mol. The van der Waals surface area contributed by atoms with Crippen LogP contribution >= 0.6 is 11.8 Å². The summed E-state index contributed by atoms with van der Waals surface area (Å²) in [5.41, 5.74) is 22.2. The first-order valence-electron chi connectivity index (χ1n) is 34.9. The first-order valence-corrected chi connectivity index (χ1v) is 36.2. The Bertz CT molecular complexity index is 3100. The average Bonchev–Trinajstić information content (AvgIpc) is 0.860. The third-order valence-corrected chi connectivity index (χ3v) is 16.6. The van der Waals surface area contributed by atoms with Gasteiger partial charge in [0.05, 0.1) is 19.3 Å². The molecule has 0 rings (SSSR count). The molecule has 0 bridgehead atoms. The molecule has 0 aliphatic rings. The van der Waals surface area contributed by atoms with E-state index in [1.165, 1.54) is 18.7 Å². The van der Waals surface area contributed by atoms with Crippen LogP contribution < -0.4 is 97.4 Å². The van der Waals surface area contributed by atoms with Crippen LogP contribution in [0.25, 0.3) is 0 Å².